The highest BCUT2D eigenvalue weighted by Gasteiger charge is 2.19. The number of esters is 1. The van der Waals surface area contributed by atoms with E-state index in [4.69, 9.17) is 18.5 Å². The third-order valence-electron chi connectivity index (χ3n) is 9.02. The van der Waals surface area contributed by atoms with Crippen LogP contribution < -0.4 is 4.89 Å². The molecule has 0 aliphatic heterocycles. The topological polar surface area (TPSA) is 94.1 Å². The normalized spacial score (nSPS) is 14.5. The van der Waals surface area contributed by atoms with E-state index in [0.717, 1.165) is 51.4 Å². The van der Waals surface area contributed by atoms with Crippen molar-refractivity contribution >= 4 is 13.8 Å². The Bertz CT molecular complexity index is 1180. The third kappa shape index (κ3) is 44.5. The van der Waals surface area contributed by atoms with E-state index in [1.165, 1.54) is 83.5 Å². The lowest BCUT2D eigenvalue weighted by Crippen LogP contribution is -2.37. The molecule has 9 heteroatoms. The molecule has 2 unspecified atom stereocenters. The van der Waals surface area contributed by atoms with Crippen molar-refractivity contribution in [3.05, 3.63) is 85.3 Å². The number of ether oxygens (including phenoxy) is 2. The fraction of sp³-hybridized carbons (Fsp3) is 0.688. The molecule has 0 bridgehead atoms. The first-order valence-corrected chi connectivity index (χ1v) is 23.8. The fourth-order valence-corrected chi connectivity index (χ4v) is 6.18. The minimum atomic E-state index is -4.54. The summed E-state index contributed by atoms with van der Waals surface area (Å²) in [7, 11) is 1.30. The van der Waals surface area contributed by atoms with Crippen LogP contribution in [-0.2, 0) is 27.9 Å². The Hall–Kier alpha value is -2.48. The molecule has 0 aliphatic carbocycles. The van der Waals surface area contributed by atoms with Gasteiger partial charge in [0.15, 0.2) is 6.10 Å². The Morgan fingerprint density at radius 2 is 0.982 bits per heavy atom. The van der Waals surface area contributed by atoms with Crippen LogP contribution in [0.2, 0.25) is 0 Å². The van der Waals surface area contributed by atoms with Gasteiger partial charge in [-0.15, -0.1) is 0 Å². The summed E-state index contributed by atoms with van der Waals surface area (Å²) in [6.45, 7) is 4.56. The maximum absolute atomic E-state index is 12.5. The van der Waals surface area contributed by atoms with E-state index in [1.54, 1.807) is 6.26 Å². The van der Waals surface area contributed by atoms with Gasteiger partial charge in [0.25, 0.3) is 7.82 Å². The Balaban J connectivity index is 4.44. The number of unbranched alkanes of at least 4 members (excludes halogenated alkanes) is 14. The molecule has 2 atom stereocenters. The molecule has 0 N–H and O–H groups in total. The van der Waals surface area contributed by atoms with Gasteiger partial charge < -0.3 is 27.9 Å². The molecule has 0 saturated carbocycles. The van der Waals surface area contributed by atoms with Crippen LogP contribution in [0.3, 0.4) is 0 Å². The van der Waals surface area contributed by atoms with Gasteiger partial charge in [0, 0.05) is 6.42 Å². The minimum Gasteiger partial charge on any atom is -0.756 e. The summed E-state index contributed by atoms with van der Waals surface area (Å²) in [4.78, 5) is 24.8. The number of phosphoric ester groups is 1. The summed E-state index contributed by atoms with van der Waals surface area (Å²) in [6.07, 6.45) is 54.2. The summed E-state index contributed by atoms with van der Waals surface area (Å²) >= 11 is 0. The fourth-order valence-electron chi connectivity index (χ4n) is 5.45. The highest BCUT2D eigenvalue weighted by molar-refractivity contribution is 7.45. The van der Waals surface area contributed by atoms with Crippen molar-refractivity contribution in [2.45, 2.75) is 168 Å². The van der Waals surface area contributed by atoms with Gasteiger partial charge in [0.2, 0.25) is 0 Å². The van der Waals surface area contributed by atoms with Crippen LogP contribution in [0.25, 0.3) is 0 Å². The van der Waals surface area contributed by atoms with Gasteiger partial charge >= 0.3 is 5.97 Å². The van der Waals surface area contributed by atoms with Crippen LogP contribution in [0, 0.1) is 0 Å². The first-order valence-electron chi connectivity index (χ1n) is 22.4. The number of hydrogen-bond acceptors (Lipinski definition) is 7. The molecule has 0 aromatic rings. The average Bonchev–Trinajstić information content (AvgIpc) is 3.17. The zero-order valence-electron chi connectivity index (χ0n) is 37.0. The van der Waals surface area contributed by atoms with Crippen molar-refractivity contribution in [1.82, 2.24) is 0 Å². The smallest absolute Gasteiger partial charge is 0.306 e. The lowest BCUT2D eigenvalue weighted by atomic mass is 10.1. The van der Waals surface area contributed by atoms with Gasteiger partial charge in [-0.1, -0.05) is 145 Å². The number of hydrogen-bond donors (Lipinski definition) is 0. The van der Waals surface area contributed by atoms with E-state index in [2.05, 4.69) is 74.6 Å². The summed E-state index contributed by atoms with van der Waals surface area (Å²) in [5.74, 6) is -0.378. The van der Waals surface area contributed by atoms with Crippen LogP contribution in [0.1, 0.15) is 162 Å². The van der Waals surface area contributed by atoms with Gasteiger partial charge in [-0.3, -0.25) is 9.36 Å². The van der Waals surface area contributed by atoms with E-state index < -0.39 is 13.9 Å². The lowest BCUT2D eigenvalue weighted by Gasteiger charge is -2.28. The number of quaternary nitrogens is 1. The number of carbonyl (C=O) groups excluding carboxylic acids is 1. The van der Waals surface area contributed by atoms with Gasteiger partial charge in [-0.2, -0.15) is 0 Å². The zero-order valence-corrected chi connectivity index (χ0v) is 37.9. The van der Waals surface area contributed by atoms with Crippen molar-refractivity contribution in [3.8, 4) is 0 Å². The molecular formula is C48H84NO7P. The lowest BCUT2D eigenvalue weighted by molar-refractivity contribution is -0.870. The second kappa shape index (κ2) is 40.3. The van der Waals surface area contributed by atoms with Gasteiger partial charge in [-0.25, -0.2) is 0 Å². The molecular weight excluding hydrogens is 734 g/mol. The molecule has 0 amide bonds. The maximum Gasteiger partial charge on any atom is 0.306 e. The molecule has 0 aromatic heterocycles. The van der Waals surface area contributed by atoms with Crippen LogP contribution in [0.4, 0.5) is 0 Å². The van der Waals surface area contributed by atoms with Crippen molar-refractivity contribution < 1.29 is 37.3 Å². The van der Waals surface area contributed by atoms with Crippen molar-refractivity contribution in [3.63, 3.8) is 0 Å². The zero-order chi connectivity index (χ0) is 42.0. The van der Waals surface area contributed by atoms with Crippen molar-refractivity contribution in [1.29, 1.82) is 0 Å². The molecule has 0 spiro atoms. The minimum absolute atomic E-state index is 0.0100. The van der Waals surface area contributed by atoms with Crippen LogP contribution >= 0.6 is 7.82 Å². The van der Waals surface area contributed by atoms with E-state index in [9.17, 15) is 14.3 Å². The summed E-state index contributed by atoms with van der Waals surface area (Å²) < 4.78 is 34.3. The largest absolute Gasteiger partial charge is 0.756 e. The molecule has 0 rings (SSSR count). The molecule has 0 heterocycles. The number of nitrogens with zero attached hydrogens (tertiary/aromatic N) is 1. The second-order valence-electron chi connectivity index (χ2n) is 15.8. The Labute approximate surface area is 350 Å². The van der Waals surface area contributed by atoms with E-state index >= 15 is 0 Å². The molecule has 0 fully saturated rings. The van der Waals surface area contributed by atoms with E-state index in [0.29, 0.717) is 17.4 Å². The van der Waals surface area contributed by atoms with Crippen molar-refractivity contribution in [2.24, 2.45) is 0 Å². The Morgan fingerprint density at radius 3 is 1.51 bits per heavy atom. The molecule has 57 heavy (non-hydrogen) atoms. The standard InChI is InChI=1S/C48H84NO7P/c1-6-8-10-12-14-16-18-20-22-24-25-26-27-29-31-33-35-37-39-41-48(50)54-45-47(46-56-57(51,52)55-44-42-49(3,4)5)53-43-40-38-36-34-32-30-28-23-21-19-17-15-13-11-9-7-2/h14,16,20-23,25-26,29,31,35,37,40,43,47H,6-13,15,17-19,24,27-28,30,32-34,36,38-39,41-42,44-46H2,1-5H3/b16-14-,22-20-,23-21-,26-25-,31-29-,37-35-,43-40-. The van der Waals surface area contributed by atoms with Gasteiger partial charge in [0.1, 0.15) is 19.8 Å². The molecule has 0 aromatic carbocycles. The number of likely N-dealkylation sites (N-methyl/N-ethyl adjacent to an activating group) is 1. The van der Waals surface area contributed by atoms with Crippen LogP contribution in [-0.4, -0.2) is 64.1 Å². The summed E-state index contributed by atoms with van der Waals surface area (Å²) in [5, 5.41) is 0. The van der Waals surface area contributed by atoms with Crippen LogP contribution in [0.5, 0.6) is 0 Å². The number of phosphoric acid groups is 1. The summed E-state index contributed by atoms with van der Waals surface area (Å²) in [5.41, 5.74) is 0. The first kappa shape index (κ1) is 54.5. The second-order valence-corrected chi connectivity index (χ2v) is 17.2. The molecule has 0 saturated heterocycles. The number of rotatable bonds is 40. The molecule has 8 nitrogen and oxygen atoms in total. The predicted octanol–water partition coefficient (Wildman–Crippen LogP) is 13.0. The maximum atomic E-state index is 12.5. The average molecular weight is 818 g/mol. The monoisotopic (exact) mass is 818 g/mol. The van der Waals surface area contributed by atoms with Gasteiger partial charge in [-0.05, 0) is 89.5 Å². The number of carbonyl (C=O) groups is 1. The Kier molecular flexibility index (Phi) is 38.6. The quantitative estimate of drug-likeness (QED) is 0.0152. The van der Waals surface area contributed by atoms with E-state index in [1.807, 2.05) is 39.4 Å². The SMILES string of the molecule is CCCCC/C=C\C/C=C\C/C=C\C/C=C\C/C=C\CCC(=O)OCC(COP(=O)([O-])OCC[N+](C)(C)C)O/C=C\CCCCCC/C=C\CCCCCCCC. The highest BCUT2D eigenvalue weighted by atomic mass is 31.2. The first-order chi connectivity index (χ1) is 27.6. The van der Waals surface area contributed by atoms with Crippen LogP contribution in [0.15, 0.2) is 85.3 Å². The number of allylic oxidation sites excluding steroid dienone is 13. The van der Waals surface area contributed by atoms with E-state index in [-0.39, 0.29) is 32.2 Å². The van der Waals surface area contributed by atoms with Crippen molar-refractivity contribution in [2.75, 3.05) is 47.5 Å². The third-order valence-corrected chi connectivity index (χ3v) is 9.99. The summed E-state index contributed by atoms with van der Waals surface area (Å²) in [6, 6.07) is 0. The molecule has 0 radical (unpaired) electrons. The highest BCUT2D eigenvalue weighted by Crippen LogP contribution is 2.38. The molecule has 0 aliphatic rings. The van der Waals surface area contributed by atoms with Gasteiger partial charge in [0.05, 0.1) is 34.0 Å². The predicted molar refractivity (Wildman–Crippen MR) is 240 cm³/mol. The Morgan fingerprint density at radius 1 is 0.561 bits per heavy atom. The molecule has 328 valence electrons.